The third kappa shape index (κ3) is 3.93. The van der Waals surface area contributed by atoms with E-state index in [0.717, 1.165) is 6.26 Å². The summed E-state index contributed by atoms with van der Waals surface area (Å²) in [6.07, 6.45) is 1.63. The highest BCUT2D eigenvalue weighted by Gasteiger charge is 2.35. The molecule has 1 aliphatic rings. The summed E-state index contributed by atoms with van der Waals surface area (Å²) < 4.78 is 24.2. The number of aromatic nitrogens is 3. The Morgan fingerprint density at radius 2 is 1.48 bits per heavy atom. The highest BCUT2D eigenvalue weighted by molar-refractivity contribution is 7.90. The largest absolute Gasteiger partial charge is 0.294 e. The Morgan fingerprint density at radius 1 is 0.871 bits per heavy atom. The second-order valence-electron chi connectivity index (χ2n) is 7.24. The lowest BCUT2D eigenvalue weighted by Gasteiger charge is -2.27. The second kappa shape index (κ2) is 7.95. The van der Waals surface area contributed by atoms with Gasteiger partial charge in [-0.15, -0.1) is 5.10 Å². The molecular formula is C21H21N5O4S. The van der Waals surface area contributed by atoms with E-state index in [2.05, 4.69) is 10.2 Å². The Morgan fingerprint density at radius 3 is 2.16 bits per heavy atom. The number of carbonyl (C=O) groups excluding carboxylic acids is 2. The summed E-state index contributed by atoms with van der Waals surface area (Å²) in [6, 6.07) is 15.2. The molecule has 3 aromatic rings. The minimum absolute atomic E-state index is 0.0364. The highest BCUT2D eigenvalue weighted by atomic mass is 32.2. The van der Waals surface area contributed by atoms with Crippen LogP contribution in [0, 0.1) is 6.92 Å². The molecule has 2 aromatic carbocycles. The van der Waals surface area contributed by atoms with Gasteiger partial charge in [-0.25, -0.2) is 18.4 Å². The first kappa shape index (κ1) is 20.7. The van der Waals surface area contributed by atoms with E-state index in [1.54, 1.807) is 19.1 Å². The molecule has 10 heteroatoms. The highest BCUT2D eigenvalue weighted by Crippen LogP contribution is 2.23. The number of hydrogen-bond acceptors (Lipinski definition) is 6. The summed E-state index contributed by atoms with van der Waals surface area (Å²) in [6.45, 7) is 2.30. The van der Waals surface area contributed by atoms with Crippen LogP contribution >= 0.6 is 0 Å². The molecule has 0 spiro atoms. The third-order valence-electron chi connectivity index (χ3n) is 4.99. The maximum Gasteiger partial charge on any atom is 0.294 e. The van der Waals surface area contributed by atoms with Gasteiger partial charge in [-0.05, 0) is 37.6 Å². The molecule has 2 heterocycles. The van der Waals surface area contributed by atoms with Crippen molar-refractivity contribution in [2.75, 3.05) is 19.3 Å². The van der Waals surface area contributed by atoms with E-state index in [-0.39, 0.29) is 16.2 Å². The number of para-hydroxylation sites is 1. The van der Waals surface area contributed by atoms with Gasteiger partial charge in [0.05, 0.1) is 21.8 Å². The van der Waals surface area contributed by atoms with Crippen LogP contribution in [0.3, 0.4) is 0 Å². The normalized spacial score (nSPS) is 14.1. The minimum Gasteiger partial charge on any atom is -0.267 e. The Balaban J connectivity index is 1.65. The van der Waals surface area contributed by atoms with Crippen LogP contribution < -0.4 is 0 Å². The number of carbonyl (C=O) groups is 2. The van der Waals surface area contributed by atoms with Crippen LogP contribution in [0.15, 0.2) is 59.5 Å². The molecule has 1 aromatic heterocycles. The molecular weight excluding hydrogens is 418 g/mol. The van der Waals surface area contributed by atoms with E-state index in [4.69, 9.17) is 0 Å². The summed E-state index contributed by atoms with van der Waals surface area (Å²) in [5.74, 6) is -0.998. The number of aryl methyl sites for hydroxylation is 1. The average Bonchev–Trinajstić information content (AvgIpc) is 3.40. The fourth-order valence-corrected chi connectivity index (χ4v) is 4.40. The number of benzene rings is 2. The minimum atomic E-state index is -3.61. The number of rotatable bonds is 4. The number of hydrogen-bond donors (Lipinski definition) is 0. The molecule has 4 rings (SSSR count). The molecule has 1 fully saturated rings. The topological polar surface area (TPSA) is 105 Å². The van der Waals surface area contributed by atoms with Crippen molar-refractivity contribution in [2.24, 2.45) is 0 Å². The van der Waals surface area contributed by atoms with Crippen molar-refractivity contribution >= 4 is 21.7 Å². The summed E-state index contributed by atoms with van der Waals surface area (Å²) in [4.78, 5) is 27.8. The van der Waals surface area contributed by atoms with Crippen LogP contribution in [0.5, 0.6) is 0 Å². The number of nitrogens with zero attached hydrogens (tertiary/aromatic N) is 5. The van der Waals surface area contributed by atoms with E-state index >= 15 is 0 Å². The molecule has 1 saturated heterocycles. The van der Waals surface area contributed by atoms with Gasteiger partial charge < -0.3 is 0 Å². The molecule has 0 radical (unpaired) electrons. The summed E-state index contributed by atoms with van der Waals surface area (Å²) in [5.41, 5.74) is 1.32. The molecule has 0 saturated carbocycles. The first-order chi connectivity index (χ1) is 14.8. The SMILES string of the molecule is Cc1nn(-c2ccccc2)nc1C(=O)N1CCCN1C(=O)c1ccccc1S(C)(=O)=O. The Labute approximate surface area is 179 Å². The van der Waals surface area contributed by atoms with Crippen LogP contribution in [0.1, 0.15) is 33.0 Å². The monoisotopic (exact) mass is 439 g/mol. The fraction of sp³-hybridized carbons (Fsp3) is 0.238. The zero-order valence-corrected chi connectivity index (χ0v) is 17.9. The lowest BCUT2D eigenvalue weighted by atomic mass is 10.2. The van der Waals surface area contributed by atoms with Crippen molar-refractivity contribution in [1.29, 1.82) is 0 Å². The molecule has 31 heavy (non-hydrogen) atoms. The van der Waals surface area contributed by atoms with Gasteiger partial charge in [0, 0.05) is 19.3 Å². The van der Waals surface area contributed by atoms with Crippen molar-refractivity contribution in [3.63, 3.8) is 0 Å². The zero-order valence-electron chi connectivity index (χ0n) is 17.1. The lowest BCUT2D eigenvalue weighted by molar-refractivity contribution is 0.0179. The van der Waals surface area contributed by atoms with Gasteiger partial charge >= 0.3 is 0 Å². The molecule has 0 aliphatic carbocycles. The van der Waals surface area contributed by atoms with Gasteiger partial charge in [-0.1, -0.05) is 30.3 Å². The van der Waals surface area contributed by atoms with Gasteiger partial charge in [0.15, 0.2) is 15.5 Å². The summed E-state index contributed by atoms with van der Waals surface area (Å²) in [5, 5.41) is 11.2. The quantitative estimate of drug-likeness (QED) is 0.615. The standard InChI is InChI=1S/C21H21N5O4S/c1-15-19(23-26(22-15)16-9-4-3-5-10-16)21(28)25-14-8-13-24(25)20(27)17-11-6-7-12-18(17)31(2,29)30/h3-7,9-12H,8,13-14H2,1-2H3. The van der Waals surface area contributed by atoms with Gasteiger partial charge in [0.25, 0.3) is 11.8 Å². The number of hydrazine groups is 1. The maximum absolute atomic E-state index is 13.2. The summed E-state index contributed by atoms with van der Waals surface area (Å²) in [7, 11) is -3.61. The molecule has 0 unspecified atom stereocenters. The van der Waals surface area contributed by atoms with E-state index < -0.39 is 21.7 Å². The van der Waals surface area contributed by atoms with Gasteiger partial charge in [-0.3, -0.25) is 9.59 Å². The van der Waals surface area contributed by atoms with Crippen LogP contribution in [0.4, 0.5) is 0 Å². The van der Waals surface area contributed by atoms with Crippen molar-refractivity contribution in [3.8, 4) is 5.69 Å². The Bertz CT molecular complexity index is 1250. The maximum atomic E-state index is 13.2. The van der Waals surface area contributed by atoms with Crippen molar-refractivity contribution < 1.29 is 18.0 Å². The van der Waals surface area contributed by atoms with Gasteiger partial charge in [0.2, 0.25) is 0 Å². The van der Waals surface area contributed by atoms with Crippen LogP contribution in [-0.4, -0.2) is 64.6 Å². The van der Waals surface area contributed by atoms with E-state index in [1.165, 1.54) is 26.9 Å². The smallest absolute Gasteiger partial charge is 0.267 e. The number of sulfone groups is 1. The van der Waals surface area contributed by atoms with Gasteiger partial charge in [-0.2, -0.15) is 9.90 Å². The Kier molecular flexibility index (Phi) is 5.32. The van der Waals surface area contributed by atoms with Crippen LogP contribution in [-0.2, 0) is 9.84 Å². The predicted molar refractivity (Wildman–Crippen MR) is 112 cm³/mol. The molecule has 0 atom stereocenters. The Hall–Kier alpha value is -3.53. The predicted octanol–water partition coefficient (Wildman–Crippen LogP) is 1.88. The average molecular weight is 439 g/mol. The second-order valence-corrected chi connectivity index (χ2v) is 9.22. The summed E-state index contributed by atoms with van der Waals surface area (Å²) >= 11 is 0. The first-order valence-corrected chi connectivity index (χ1v) is 11.6. The van der Waals surface area contributed by atoms with E-state index in [9.17, 15) is 18.0 Å². The first-order valence-electron chi connectivity index (χ1n) is 9.69. The van der Waals surface area contributed by atoms with Gasteiger partial charge in [0.1, 0.15) is 0 Å². The fourth-order valence-electron chi connectivity index (χ4n) is 3.52. The molecule has 1 aliphatic heterocycles. The molecule has 0 bridgehead atoms. The van der Waals surface area contributed by atoms with Crippen molar-refractivity contribution in [2.45, 2.75) is 18.2 Å². The molecule has 2 amide bonds. The van der Waals surface area contributed by atoms with Crippen molar-refractivity contribution in [1.82, 2.24) is 25.0 Å². The van der Waals surface area contributed by atoms with E-state index in [1.807, 2.05) is 30.3 Å². The number of amides is 2. The molecule has 0 N–H and O–H groups in total. The third-order valence-corrected chi connectivity index (χ3v) is 6.14. The van der Waals surface area contributed by atoms with Crippen LogP contribution in [0.25, 0.3) is 5.69 Å². The van der Waals surface area contributed by atoms with Crippen molar-refractivity contribution in [3.05, 3.63) is 71.5 Å². The zero-order chi connectivity index (χ0) is 22.2. The molecule has 160 valence electrons. The van der Waals surface area contributed by atoms with E-state index in [0.29, 0.717) is 30.9 Å². The lowest BCUT2D eigenvalue weighted by Crippen LogP contribution is -2.45. The molecule has 9 nitrogen and oxygen atoms in total. The van der Waals surface area contributed by atoms with Crippen LogP contribution in [0.2, 0.25) is 0 Å².